The molecule has 0 amide bonds. The SMILES string of the molecule is O=C(O)c1cccc([N+](=O)[O-])c1-n1cc(C(F)(F)F)cn1. The molecule has 0 atom stereocenters. The van der Waals surface area contributed by atoms with Gasteiger partial charge in [0.25, 0.3) is 5.69 Å². The fourth-order valence-electron chi connectivity index (χ4n) is 1.68. The Morgan fingerprint density at radius 2 is 2.05 bits per heavy atom. The Hall–Kier alpha value is -2.91. The lowest BCUT2D eigenvalue weighted by Crippen LogP contribution is -2.09. The number of rotatable bonds is 3. The fraction of sp³-hybridized carbons (Fsp3) is 0.0909. The topological polar surface area (TPSA) is 98.3 Å². The molecule has 2 rings (SSSR count). The standard InChI is InChI=1S/C11H6F3N3O4/c12-11(13,14)6-4-15-16(5-6)9-7(10(18)19)2-1-3-8(9)17(20)21/h1-5H,(H,18,19). The molecule has 1 aromatic heterocycles. The summed E-state index contributed by atoms with van der Waals surface area (Å²) in [7, 11) is 0. The zero-order valence-electron chi connectivity index (χ0n) is 10.0. The highest BCUT2D eigenvalue weighted by Crippen LogP contribution is 2.31. The smallest absolute Gasteiger partial charge is 0.419 e. The Morgan fingerprint density at radius 3 is 2.52 bits per heavy atom. The predicted molar refractivity (Wildman–Crippen MR) is 62.2 cm³/mol. The van der Waals surface area contributed by atoms with Crippen LogP contribution in [0.2, 0.25) is 0 Å². The van der Waals surface area contributed by atoms with Gasteiger partial charge in [-0.1, -0.05) is 6.07 Å². The number of carboxylic acids is 1. The van der Waals surface area contributed by atoms with Crippen LogP contribution in [0.3, 0.4) is 0 Å². The summed E-state index contributed by atoms with van der Waals surface area (Å²) in [6.45, 7) is 0. The lowest BCUT2D eigenvalue weighted by molar-refractivity contribution is -0.384. The molecule has 0 saturated heterocycles. The number of nitro groups is 1. The van der Waals surface area contributed by atoms with Crippen molar-refractivity contribution in [2.24, 2.45) is 0 Å². The third-order valence-corrected chi connectivity index (χ3v) is 2.58. The van der Waals surface area contributed by atoms with Gasteiger partial charge in [0.15, 0.2) is 5.69 Å². The van der Waals surface area contributed by atoms with E-state index in [1.807, 2.05) is 0 Å². The highest BCUT2D eigenvalue weighted by atomic mass is 19.4. The van der Waals surface area contributed by atoms with E-state index in [1.54, 1.807) is 0 Å². The van der Waals surface area contributed by atoms with Crippen molar-refractivity contribution in [3.05, 3.63) is 51.8 Å². The molecule has 2 aromatic rings. The number of halogens is 3. The van der Waals surface area contributed by atoms with Gasteiger partial charge in [-0.2, -0.15) is 18.3 Å². The van der Waals surface area contributed by atoms with Crippen molar-refractivity contribution in [2.45, 2.75) is 6.18 Å². The first-order chi connectivity index (χ1) is 9.71. The number of alkyl halides is 3. The Morgan fingerprint density at radius 1 is 1.38 bits per heavy atom. The summed E-state index contributed by atoms with van der Waals surface area (Å²) in [5.74, 6) is -1.52. The summed E-state index contributed by atoms with van der Waals surface area (Å²) in [5, 5.41) is 23.3. The fourth-order valence-corrected chi connectivity index (χ4v) is 1.68. The van der Waals surface area contributed by atoms with E-state index in [0.717, 1.165) is 18.2 Å². The molecule has 1 N–H and O–H groups in total. The van der Waals surface area contributed by atoms with Crippen molar-refractivity contribution >= 4 is 11.7 Å². The number of hydrogen-bond donors (Lipinski definition) is 1. The summed E-state index contributed by atoms with van der Waals surface area (Å²) in [4.78, 5) is 21.1. The lowest BCUT2D eigenvalue weighted by atomic mass is 10.1. The average Bonchev–Trinajstić information content (AvgIpc) is 2.86. The molecule has 0 bridgehead atoms. The van der Waals surface area contributed by atoms with Crippen molar-refractivity contribution < 1.29 is 28.0 Å². The number of hydrogen-bond acceptors (Lipinski definition) is 4. The normalized spacial score (nSPS) is 11.4. The third kappa shape index (κ3) is 2.68. The molecule has 1 aromatic carbocycles. The van der Waals surface area contributed by atoms with Crippen LogP contribution >= 0.6 is 0 Å². The van der Waals surface area contributed by atoms with Crippen LogP contribution in [0.15, 0.2) is 30.6 Å². The molecule has 1 heterocycles. The molecular formula is C11H6F3N3O4. The first kappa shape index (κ1) is 14.5. The van der Waals surface area contributed by atoms with Crippen molar-refractivity contribution in [1.82, 2.24) is 9.78 Å². The van der Waals surface area contributed by atoms with Crippen LogP contribution in [0.4, 0.5) is 18.9 Å². The molecule has 110 valence electrons. The average molecular weight is 301 g/mol. The second-order valence-corrected chi connectivity index (χ2v) is 3.91. The van der Waals surface area contributed by atoms with Crippen molar-refractivity contribution in [1.29, 1.82) is 0 Å². The zero-order chi connectivity index (χ0) is 15.8. The molecular weight excluding hydrogens is 295 g/mol. The summed E-state index contributed by atoms with van der Waals surface area (Å²) in [6, 6.07) is 3.15. The van der Waals surface area contributed by atoms with Crippen LogP contribution < -0.4 is 0 Å². The maximum Gasteiger partial charge on any atom is 0.419 e. The quantitative estimate of drug-likeness (QED) is 0.693. The molecule has 0 radical (unpaired) electrons. The van der Waals surface area contributed by atoms with Gasteiger partial charge >= 0.3 is 12.1 Å². The maximum atomic E-state index is 12.5. The minimum atomic E-state index is -4.69. The van der Waals surface area contributed by atoms with Crippen molar-refractivity contribution in [2.75, 3.05) is 0 Å². The lowest BCUT2D eigenvalue weighted by Gasteiger charge is -2.07. The number of aromatic nitrogens is 2. The summed E-state index contributed by atoms with van der Waals surface area (Å²) in [6.07, 6.45) is -3.73. The number of aromatic carboxylic acids is 1. The minimum Gasteiger partial charge on any atom is -0.478 e. The maximum absolute atomic E-state index is 12.5. The van der Waals surface area contributed by atoms with Crippen LogP contribution in [0.5, 0.6) is 0 Å². The van der Waals surface area contributed by atoms with Gasteiger partial charge in [0.1, 0.15) is 0 Å². The largest absolute Gasteiger partial charge is 0.478 e. The van der Waals surface area contributed by atoms with E-state index >= 15 is 0 Å². The van der Waals surface area contributed by atoms with Gasteiger partial charge < -0.3 is 5.11 Å². The molecule has 10 heteroatoms. The van der Waals surface area contributed by atoms with E-state index in [4.69, 9.17) is 5.11 Å². The molecule has 0 saturated carbocycles. The van der Waals surface area contributed by atoms with Crippen LogP contribution in [-0.4, -0.2) is 25.8 Å². The summed E-state index contributed by atoms with van der Waals surface area (Å²) >= 11 is 0. The van der Waals surface area contributed by atoms with Crippen LogP contribution in [-0.2, 0) is 6.18 Å². The Kier molecular flexibility index (Phi) is 3.37. The molecule has 0 aliphatic heterocycles. The Balaban J connectivity index is 2.69. The van der Waals surface area contributed by atoms with Crippen LogP contribution in [0.25, 0.3) is 5.69 Å². The van der Waals surface area contributed by atoms with Gasteiger partial charge in [0, 0.05) is 12.3 Å². The van der Waals surface area contributed by atoms with E-state index in [2.05, 4.69) is 5.10 Å². The van der Waals surface area contributed by atoms with E-state index in [-0.39, 0.29) is 0 Å². The van der Waals surface area contributed by atoms with Gasteiger partial charge in [-0.05, 0) is 6.07 Å². The van der Waals surface area contributed by atoms with E-state index in [1.165, 1.54) is 0 Å². The first-order valence-corrected chi connectivity index (χ1v) is 5.34. The molecule has 0 unspecified atom stereocenters. The Bertz CT molecular complexity index is 691. The summed E-state index contributed by atoms with van der Waals surface area (Å²) < 4.78 is 38.1. The van der Waals surface area contributed by atoms with E-state index < -0.39 is 39.6 Å². The van der Waals surface area contributed by atoms with Gasteiger partial charge in [0.2, 0.25) is 0 Å². The molecule has 21 heavy (non-hydrogen) atoms. The minimum absolute atomic E-state index is 0.461. The van der Waals surface area contributed by atoms with Crippen LogP contribution in [0, 0.1) is 10.1 Å². The van der Waals surface area contributed by atoms with Gasteiger partial charge in [-0.3, -0.25) is 10.1 Å². The highest BCUT2D eigenvalue weighted by molar-refractivity contribution is 5.93. The zero-order valence-corrected chi connectivity index (χ0v) is 10.0. The second-order valence-electron chi connectivity index (χ2n) is 3.91. The third-order valence-electron chi connectivity index (χ3n) is 2.58. The van der Waals surface area contributed by atoms with Gasteiger partial charge in [0.05, 0.1) is 22.2 Å². The number of carboxylic acid groups (broad SMARTS) is 1. The molecule has 7 nitrogen and oxygen atoms in total. The molecule has 0 fully saturated rings. The van der Waals surface area contributed by atoms with E-state index in [9.17, 15) is 28.1 Å². The van der Waals surface area contributed by atoms with Crippen molar-refractivity contribution in [3.63, 3.8) is 0 Å². The molecule has 0 aliphatic rings. The monoisotopic (exact) mass is 301 g/mol. The summed E-state index contributed by atoms with van der Waals surface area (Å²) in [5.41, 5.74) is -2.87. The van der Waals surface area contributed by atoms with E-state index in [0.29, 0.717) is 17.1 Å². The van der Waals surface area contributed by atoms with Gasteiger partial charge in [-0.15, -0.1) is 0 Å². The number of carbonyl (C=O) groups is 1. The highest BCUT2D eigenvalue weighted by Gasteiger charge is 2.33. The second kappa shape index (κ2) is 4.89. The first-order valence-electron chi connectivity index (χ1n) is 5.34. The number of para-hydroxylation sites is 1. The number of benzene rings is 1. The van der Waals surface area contributed by atoms with Crippen LogP contribution in [0.1, 0.15) is 15.9 Å². The number of nitro benzene ring substituents is 1. The van der Waals surface area contributed by atoms with Crippen molar-refractivity contribution in [3.8, 4) is 5.69 Å². The molecule has 0 spiro atoms. The van der Waals surface area contributed by atoms with Gasteiger partial charge in [-0.25, -0.2) is 9.48 Å². The predicted octanol–water partition coefficient (Wildman–Crippen LogP) is 2.50. The molecule has 0 aliphatic carbocycles. The Labute approximate surface area is 114 Å². The number of nitrogens with zero attached hydrogens (tertiary/aromatic N) is 3.